The molecule has 140 valence electrons. The van der Waals surface area contributed by atoms with Crippen LogP contribution in [0.25, 0.3) is 6.08 Å². The predicted octanol–water partition coefficient (Wildman–Crippen LogP) is 5.70. The summed E-state index contributed by atoms with van der Waals surface area (Å²) >= 11 is 6.14. The van der Waals surface area contributed by atoms with E-state index >= 15 is 0 Å². The molecule has 2 fully saturated rings. The summed E-state index contributed by atoms with van der Waals surface area (Å²) in [5, 5.41) is 12.4. The van der Waals surface area contributed by atoms with Gasteiger partial charge in [0.25, 0.3) is 0 Å². The first-order chi connectivity index (χ1) is 13.0. The first kappa shape index (κ1) is 18.5. The van der Waals surface area contributed by atoms with Gasteiger partial charge in [0.15, 0.2) is 0 Å². The number of benzene rings is 2. The molecule has 0 aliphatic heterocycles. The van der Waals surface area contributed by atoms with Crippen molar-refractivity contribution in [2.75, 3.05) is 0 Å². The van der Waals surface area contributed by atoms with Gasteiger partial charge in [0.05, 0.1) is 5.92 Å². The van der Waals surface area contributed by atoms with E-state index in [1.54, 1.807) is 0 Å². The zero-order chi connectivity index (χ0) is 19.0. The normalized spacial score (nSPS) is 29.6. The smallest absolute Gasteiger partial charge is 0.139 e. The summed E-state index contributed by atoms with van der Waals surface area (Å²) in [6.07, 6.45) is 5.98. The highest BCUT2D eigenvalue weighted by Gasteiger charge is 2.51. The fourth-order valence-electron chi connectivity index (χ4n) is 4.87. The van der Waals surface area contributed by atoms with Crippen LogP contribution in [-0.4, -0.2) is 10.9 Å². The van der Waals surface area contributed by atoms with Crippen molar-refractivity contribution in [1.29, 1.82) is 0 Å². The van der Waals surface area contributed by atoms with Crippen molar-refractivity contribution in [3.63, 3.8) is 0 Å². The van der Waals surface area contributed by atoms with Crippen molar-refractivity contribution in [2.45, 2.75) is 44.6 Å². The molecule has 0 amide bonds. The average molecular weight is 381 g/mol. The molecule has 0 spiro atoms. The summed E-state index contributed by atoms with van der Waals surface area (Å²) in [4.78, 5) is 12.9. The zero-order valence-corrected chi connectivity index (χ0v) is 16.4. The molecule has 2 aromatic rings. The van der Waals surface area contributed by atoms with Crippen LogP contribution in [0, 0.1) is 18.8 Å². The quantitative estimate of drug-likeness (QED) is 0.725. The van der Waals surface area contributed by atoms with Gasteiger partial charge in [-0.05, 0) is 61.8 Å². The summed E-state index contributed by atoms with van der Waals surface area (Å²) in [6.45, 7) is 2.04. The van der Waals surface area contributed by atoms with Crippen molar-refractivity contribution in [2.24, 2.45) is 11.8 Å². The minimum atomic E-state index is -1.07. The molecular formula is C24H25ClO2. The lowest BCUT2D eigenvalue weighted by atomic mass is 9.58. The molecule has 4 rings (SSSR count). The highest BCUT2D eigenvalue weighted by Crippen LogP contribution is 2.52. The molecule has 0 heterocycles. The number of aryl methyl sites for hydroxylation is 1. The van der Waals surface area contributed by atoms with E-state index in [1.165, 1.54) is 5.57 Å². The van der Waals surface area contributed by atoms with Gasteiger partial charge in [0.2, 0.25) is 0 Å². The minimum absolute atomic E-state index is 0.102. The number of carbonyl (C=O) groups is 1. The predicted molar refractivity (Wildman–Crippen MR) is 110 cm³/mol. The van der Waals surface area contributed by atoms with Gasteiger partial charge in [0.1, 0.15) is 11.4 Å². The molecule has 0 radical (unpaired) electrons. The van der Waals surface area contributed by atoms with E-state index < -0.39 is 5.60 Å². The number of Topliss-reactive ketones (excluding diaryl/α,β-unsaturated/α-hetero) is 1. The number of carbonyl (C=O) groups excluding carboxylic acids is 1. The summed E-state index contributed by atoms with van der Waals surface area (Å²) in [5.74, 6) is -0.0514. The van der Waals surface area contributed by atoms with Crippen LogP contribution in [0.1, 0.15) is 48.8 Å². The first-order valence-electron chi connectivity index (χ1n) is 9.76. The molecule has 2 aliphatic rings. The standard InChI is InChI=1S/C24H25ClO2/c1-16-8-10-19(11-9-16)24(27)13-12-18(14-17-4-2-5-20(25)15-17)21-6-3-7-22(26)23(21)24/h2,4-5,8-11,14-15,21,23,27H,3,6-7,12-13H2,1H3/b18-14+/t21-,23-,24+/m1/s1. The Morgan fingerprint density at radius 2 is 1.93 bits per heavy atom. The topological polar surface area (TPSA) is 37.3 Å². The molecule has 3 heteroatoms. The lowest BCUT2D eigenvalue weighted by Crippen LogP contribution is -2.49. The Kier molecular flexibility index (Phi) is 4.96. The third-order valence-electron chi connectivity index (χ3n) is 6.23. The van der Waals surface area contributed by atoms with Gasteiger partial charge in [-0.3, -0.25) is 4.79 Å². The Labute approximate surface area is 165 Å². The fourth-order valence-corrected chi connectivity index (χ4v) is 5.07. The Morgan fingerprint density at radius 3 is 2.67 bits per heavy atom. The average Bonchev–Trinajstić information content (AvgIpc) is 2.65. The maximum atomic E-state index is 12.9. The second kappa shape index (κ2) is 7.26. The van der Waals surface area contributed by atoms with Gasteiger partial charge in [-0.1, -0.05) is 65.2 Å². The van der Waals surface area contributed by atoms with Crippen LogP contribution in [0.3, 0.4) is 0 Å². The Bertz CT molecular complexity index is 884. The molecule has 2 nitrogen and oxygen atoms in total. The number of hydrogen-bond donors (Lipinski definition) is 1. The van der Waals surface area contributed by atoms with Crippen LogP contribution in [0.4, 0.5) is 0 Å². The molecule has 3 atom stereocenters. The fraction of sp³-hybridized carbons (Fsp3) is 0.375. The summed E-state index contributed by atoms with van der Waals surface area (Å²) in [6, 6.07) is 15.8. The molecule has 0 bridgehead atoms. The molecule has 2 aromatic carbocycles. The molecule has 2 saturated carbocycles. The Balaban J connectivity index is 1.73. The summed E-state index contributed by atoms with van der Waals surface area (Å²) < 4.78 is 0. The van der Waals surface area contributed by atoms with Crippen molar-refractivity contribution in [1.82, 2.24) is 0 Å². The van der Waals surface area contributed by atoms with Crippen LogP contribution >= 0.6 is 11.6 Å². The van der Waals surface area contributed by atoms with E-state index in [4.69, 9.17) is 11.6 Å². The molecular weight excluding hydrogens is 356 g/mol. The minimum Gasteiger partial charge on any atom is -0.384 e. The van der Waals surface area contributed by atoms with Crippen molar-refractivity contribution in [3.05, 3.63) is 75.8 Å². The highest BCUT2D eigenvalue weighted by atomic mass is 35.5. The molecule has 1 N–H and O–H groups in total. The second-order valence-electron chi connectivity index (χ2n) is 8.01. The number of ketones is 1. The molecule has 0 unspecified atom stereocenters. The lowest BCUT2D eigenvalue weighted by Gasteiger charge is -2.47. The summed E-state index contributed by atoms with van der Waals surface area (Å²) in [7, 11) is 0. The van der Waals surface area contributed by atoms with E-state index in [0.29, 0.717) is 17.9 Å². The van der Waals surface area contributed by atoms with Gasteiger partial charge in [-0.15, -0.1) is 0 Å². The van der Waals surface area contributed by atoms with E-state index in [2.05, 4.69) is 6.08 Å². The Morgan fingerprint density at radius 1 is 1.15 bits per heavy atom. The monoisotopic (exact) mass is 380 g/mol. The number of halogens is 1. The van der Waals surface area contributed by atoms with E-state index in [9.17, 15) is 9.90 Å². The third-order valence-corrected chi connectivity index (χ3v) is 6.46. The molecule has 0 saturated heterocycles. The summed E-state index contributed by atoms with van der Waals surface area (Å²) in [5.41, 5.74) is 3.30. The molecule has 0 aromatic heterocycles. The maximum Gasteiger partial charge on any atom is 0.139 e. The third kappa shape index (κ3) is 3.49. The van der Waals surface area contributed by atoms with Crippen LogP contribution in [0.15, 0.2) is 54.1 Å². The Hall–Kier alpha value is -1.90. The van der Waals surface area contributed by atoms with Gasteiger partial charge >= 0.3 is 0 Å². The number of allylic oxidation sites excluding steroid dienone is 1. The largest absolute Gasteiger partial charge is 0.384 e. The van der Waals surface area contributed by atoms with Gasteiger partial charge in [-0.25, -0.2) is 0 Å². The van der Waals surface area contributed by atoms with Crippen LogP contribution in [0.5, 0.6) is 0 Å². The first-order valence-corrected chi connectivity index (χ1v) is 10.1. The van der Waals surface area contributed by atoms with Gasteiger partial charge in [-0.2, -0.15) is 0 Å². The number of hydrogen-bond acceptors (Lipinski definition) is 2. The van der Waals surface area contributed by atoms with E-state index in [-0.39, 0.29) is 17.6 Å². The number of fused-ring (bicyclic) bond motifs is 1. The number of rotatable bonds is 2. The van der Waals surface area contributed by atoms with E-state index in [1.807, 2.05) is 55.5 Å². The molecule has 2 aliphatic carbocycles. The van der Waals surface area contributed by atoms with Crippen LogP contribution in [-0.2, 0) is 10.4 Å². The van der Waals surface area contributed by atoms with Gasteiger partial charge < -0.3 is 5.11 Å². The van der Waals surface area contributed by atoms with Crippen molar-refractivity contribution >= 4 is 23.5 Å². The number of aliphatic hydroxyl groups is 1. The van der Waals surface area contributed by atoms with Gasteiger partial charge in [0, 0.05) is 11.4 Å². The zero-order valence-electron chi connectivity index (χ0n) is 15.6. The molecule has 27 heavy (non-hydrogen) atoms. The van der Waals surface area contributed by atoms with Crippen molar-refractivity contribution < 1.29 is 9.90 Å². The maximum absolute atomic E-state index is 12.9. The van der Waals surface area contributed by atoms with E-state index in [0.717, 1.165) is 36.0 Å². The van der Waals surface area contributed by atoms with Crippen molar-refractivity contribution in [3.8, 4) is 0 Å². The SMILES string of the molecule is Cc1ccc([C@@]2(O)CC/C(=C\c3cccc(Cl)c3)[C@H]3CCCC(=O)[C@@H]32)cc1. The second-order valence-corrected chi connectivity index (χ2v) is 8.44. The highest BCUT2D eigenvalue weighted by molar-refractivity contribution is 6.30. The van der Waals surface area contributed by atoms with Crippen LogP contribution in [0.2, 0.25) is 5.02 Å². The lowest BCUT2D eigenvalue weighted by molar-refractivity contribution is -0.144. The van der Waals surface area contributed by atoms with Crippen LogP contribution < -0.4 is 0 Å².